The quantitative estimate of drug-likeness (QED) is 0.625. The molecule has 0 N–H and O–H groups in total. The van der Waals surface area contributed by atoms with Crippen LogP contribution >= 0.6 is 0 Å². The summed E-state index contributed by atoms with van der Waals surface area (Å²) in [5, 5.41) is 0. The van der Waals surface area contributed by atoms with E-state index in [1.54, 1.807) is 14.2 Å². The lowest BCUT2D eigenvalue weighted by molar-refractivity contribution is -0.106. The van der Waals surface area contributed by atoms with Crippen LogP contribution in [0.4, 0.5) is 5.69 Å². The van der Waals surface area contributed by atoms with Crippen molar-refractivity contribution in [3.63, 3.8) is 0 Å². The molecule has 0 aliphatic heterocycles. The number of aldehydes is 1. The highest BCUT2D eigenvalue weighted by Gasteiger charge is 2.05. The van der Waals surface area contributed by atoms with Crippen molar-refractivity contribution in [2.45, 2.75) is 6.29 Å². The lowest BCUT2D eigenvalue weighted by Crippen LogP contribution is -2.08. The average Bonchev–Trinajstić information content (AvgIpc) is 2.57. The lowest BCUT2D eigenvalue weighted by Gasteiger charge is -2.12. The molecule has 0 spiro atoms. The van der Waals surface area contributed by atoms with Crippen LogP contribution in [0.25, 0.3) is 0 Å². The fourth-order valence-corrected chi connectivity index (χ4v) is 1.83. The number of carbonyl (C=O) groups is 1. The van der Waals surface area contributed by atoms with Gasteiger partial charge in [-0.25, -0.2) is 0 Å². The van der Waals surface area contributed by atoms with E-state index >= 15 is 0 Å². The van der Waals surface area contributed by atoms with Gasteiger partial charge in [0.1, 0.15) is 6.29 Å². The topological polar surface area (TPSA) is 38.8 Å². The SMILES string of the molecule is CN(C)c1ccc(C=O)cc1.COC(OC)c1ccccc1. The van der Waals surface area contributed by atoms with Gasteiger partial charge in [0.25, 0.3) is 0 Å². The zero-order chi connectivity index (χ0) is 16.4. The van der Waals surface area contributed by atoms with E-state index in [4.69, 9.17) is 9.47 Å². The van der Waals surface area contributed by atoms with Gasteiger partial charge in [0.2, 0.25) is 0 Å². The van der Waals surface area contributed by atoms with Crippen LogP contribution < -0.4 is 4.90 Å². The summed E-state index contributed by atoms with van der Waals surface area (Å²) in [5.41, 5.74) is 2.86. The summed E-state index contributed by atoms with van der Waals surface area (Å²) in [7, 11) is 7.19. The van der Waals surface area contributed by atoms with Gasteiger partial charge >= 0.3 is 0 Å². The van der Waals surface area contributed by atoms with E-state index in [2.05, 4.69) is 0 Å². The van der Waals surface area contributed by atoms with Gasteiger partial charge in [0, 0.05) is 45.1 Å². The van der Waals surface area contributed by atoms with E-state index < -0.39 is 0 Å². The van der Waals surface area contributed by atoms with Gasteiger partial charge in [0.05, 0.1) is 0 Å². The number of methoxy groups -OCH3 is 2. The first-order valence-corrected chi connectivity index (χ1v) is 6.95. The third-order valence-electron chi connectivity index (χ3n) is 3.05. The predicted molar refractivity (Wildman–Crippen MR) is 89.4 cm³/mol. The Hall–Kier alpha value is -2.17. The molecule has 0 bridgehead atoms. The Morgan fingerprint density at radius 2 is 1.45 bits per heavy atom. The van der Waals surface area contributed by atoms with E-state index in [1.807, 2.05) is 73.6 Å². The second-order valence-corrected chi connectivity index (χ2v) is 4.82. The molecule has 0 aliphatic rings. The summed E-state index contributed by atoms with van der Waals surface area (Å²) in [5.74, 6) is 0. The Kier molecular flexibility index (Phi) is 7.89. The minimum Gasteiger partial charge on any atom is -0.378 e. The van der Waals surface area contributed by atoms with Crippen LogP contribution in [0.2, 0.25) is 0 Å². The molecule has 0 fully saturated rings. The Balaban J connectivity index is 0.000000220. The highest BCUT2D eigenvalue weighted by Crippen LogP contribution is 2.15. The highest BCUT2D eigenvalue weighted by molar-refractivity contribution is 5.75. The molecule has 0 saturated heterocycles. The molecular weight excluding hydrogens is 278 g/mol. The van der Waals surface area contributed by atoms with Gasteiger partial charge in [-0.1, -0.05) is 30.3 Å². The fourth-order valence-electron chi connectivity index (χ4n) is 1.83. The Morgan fingerprint density at radius 3 is 1.86 bits per heavy atom. The number of carbonyl (C=O) groups excluding carboxylic acids is 1. The van der Waals surface area contributed by atoms with Gasteiger partial charge in [-0.3, -0.25) is 4.79 Å². The number of nitrogens with zero attached hydrogens (tertiary/aromatic N) is 1. The first-order chi connectivity index (χ1) is 10.6. The molecule has 22 heavy (non-hydrogen) atoms. The number of ether oxygens (including phenoxy) is 2. The number of rotatable bonds is 5. The van der Waals surface area contributed by atoms with E-state index in [1.165, 1.54) is 0 Å². The van der Waals surface area contributed by atoms with Crippen LogP contribution in [0.3, 0.4) is 0 Å². The minimum atomic E-state index is -0.240. The second kappa shape index (κ2) is 9.71. The zero-order valence-electron chi connectivity index (χ0n) is 13.5. The molecule has 2 aromatic rings. The summed E-state index contributed by atoms with van der Waals surface area (Å²) in [6, 6.07) is 17.3. The van der Waals surface area contributed by atoms with Crippen LogP contribution in [0.15, 0.2) is 54.6 Å². The summed E-state index contributed by atoms with van der Waals surface area (Å²) < 4.78 is 10.1. The van der Waals surface area contributed by atoms with Gasteiger partial charge < -0.3 is 14.4 Å². The summed E-state index contributed by atoms with van der Waals surface area (Å²) in [4.78, 5) is 12.3. The number of hydrogen-bond acceptors (Lipinski definition) is 4. The van der Waals surface area contributed by atoms with Gasteiger partial charge in [-0.05, 0) is 24.3 Å². The molecule has 4 heteroatoms. The normalized spacial score (nSPS) is 9.86. The maximum absolute atomic E-state index is 10.3. The van der Waals surface area contributed by atoms with Crippen LogP contribution in [-0.2, 0) is 9.47 Å². The first-order valence-electron chi connectivity index (χ1n) is 6.95. The predicted octanol–water partition coefficient (Wildman–Crippen LogP) is 3.54. The molecule has 0 unspecified atom stereocenters. The molecule has 0 radical (unpaired) electrons. The largest absolute Gasteiger partial charge is 0.378 e. The number of hydrogen-bond donors (Lipinski definition) is 0. The summed E-state index contributed by atoms with van der Waals surface area (Å²) in [6.07, 6.45) is 0.607. The van der Waals surface area contributed by atoms with Crippen molar-refractivity contribution in [1.82, 2.24) is 0 Å². The molecule has 0 aromatic heterocycles. The Labute approximate surface area is 132 Å². The van der Waals surface area contributed by atoms with Crippen molar-refractivity contribution in [3.05, 3.63) is 65.7 Å². The van der Waals surface area contributed by atoms with E-state index in [-0.39, 0.29) is 6.29 Å². The van der Waals surface area contributed by atoms with Crippen molar-refractivity contribution >= 4 is 12.0 Å². The smallest absolute Gasteiger partial charge is 0.183 e. The van der Waals surface area contributed by atoms with E-state index in [0.717, 1.165) is 23.1 Å². The molecule has 0 saturated carbocycles. The summed E-state index contributed by atoms with van der Waals surface area (Å²) >= 11 is 0. The fraction of sp³-hybridized carbons (Fsp3) is 0.278. The number of benzene rings is 2. The van der Waals surface area contributed by atoms with Crippen LogP contribution in [0, 0.1) is 0 Å². The van der Waals surface area contributed by atoms with Crippen LogP contribution in [-0.4, -0.2) is 34.6 Å². The molecule has 2 rings (SSSR count). The maximum Gasteiger partial charge on any atom is 0.183 e. The lowest BCUT2D eigenvalue weighted by atomic mass is 10.2. The van der Waals surface area contributed by atoms with Gasteiger partial charge in [0.15, 0.2) is 6.29 Å². The van der Waals surface area contributed by atoms with Crippen molar-refractivity contribution in [2.75, 3.05) is 33.2 Å². The third kappa shape index (κ3) is 5.68. The Bertz CT molecular complexity index is 534. The molecule has 0 aliphatic carbocycles. The average molecular weight is 301 g/mol. The first kappa shape index (κ1) is 17.9. The zero-order valence-corrected chi connectivity index (χ0v) is 13.5. The monoisotopic (exact) mass is 301 g/mol. The van der Waals surface area contributed by atoms with E-state index in [9.17, 15) is 4.79 Å². The van der Waals surface area contributed by atoms with E-state index in [0.29, 0.717) is 0 Å². The molecule has 2 aromatic carbocycles. The van der Waals surface area contributed by atoms with Crippen LogP contribution in [0.1, 0.15) is 22.2 Å². The summed E-state index contributed by atoms with van der Waals surface area (Å²) in [6.45, 7) is 0. The molecule has 0 atom stereocenters. The Morgan fingerprint density at radius 1 is 0.909 bits per heavy atom. The van der Waals surface area contributed by atoms with Crippen LogP contribution in [0.5, 0.6) is 0 Å². The van der Waals surface area contributed by atoms with Crippen molar-refractivity contribution in [2.24, 2.45) is 0 Å². The molecule has 0 amide bonds. The van der Waals surface area contributed by atoms with Crippen molar-refractivity contribution in [3.8, 4) is 0 Å². The van der Waals surface area contributed by atoms with Crippen molar-refractivity contribution < 1.29 is 14.3 Å². The van der Waals surface area contributed by atoms with Crippen molar-refractivity contribution in [1.29, 1.82) is 0 Å². The molecule has 118 valence electrons. The standard InChI is InChI=1S/C9H11NO.C9H12O2/c1-10(2)9-5-3-8(7-11)4-6-9;1-10-9(11-2)8-6-4-3-5-7-8/h3-7H,1-2H3;3-7,9H,1-2H3. The highest BCUT2D eigenvalue weighted by atomic mass is 16.7. The van der Waals surface area contributed by atoms with Gasteiger partial charge in [-0.15, -0.1) is 0 Å². The third-order valence-corrected chi connectivity index (χ3v) is 3.05. The molecular formula is C18H23NO3. The molecule has 4 nitrogen and oxygen atoms in total. The second-order valence-electron chi connectivity index (χ2n) is 4.82. The minimum absolute atomic E-state index is 0.240. The number of anilines is 1. The molecule has 0 heterocycles. The maximum atomic E-state index is 10.3. The van der Waals surface area contributed by atoms with Gasteiger partial charge in [-0.2, -0.15) is 0 Å².